The van der Waals surface area contributed by atoms with E-state index in [2.05, 4.69) is 25.5 Å². The molecule has 94 valence electrons. The Labute approximate surface area is 108 Å². The summed E-state index contributed by atoms with van der Waals surface area (Å²) in [5.74, 6) is 1.04. The van der Waals surface area contributed by atoms with Gasteiger partial charge >= 0.3 is 0 Å². The minimum atomic E-state index is -0.272. The quantitative estimate of drug-likeness (QED) is 0.603. The number of hydrogen-bond donors (Lipinski definition) is 3. The molecule has 0 radical (unpaired) electrons. The summed E-state index contributed by atoms with van der Waals surface area (Å²) < 4.78 is 2.00. The number of rotatable bonds is 1. The van der Waals surface area contributed by atoms with E-state index < -0.39 is 0 Å². The number of benzene rings is 1. The average molecular weight is 253 g/mol. The number of guanidine groups is 1. The van der Waals surface area contributed by atoms with Crippen LogP contribution in [0.4, 0.5) is 5.95 Å². The molecule has 0 spiro atoms. The summed E-state index contributed by atoms with van der Waals surface area (Å²) in [6.07, 6.45) is 1.42. The maximum Gasteiger partial charge on any atom is 0.212 e. The Balaban J connectivity index is 2.00. The van der Waals surface area contributed by atoms with E-state index in [1.165, 1.54) is 0 Å². The number of aromatic amines is 1. The van der Waals surface area contributed by atoms with Crippen LogP contribution in [0.1, 0.15) is 11.9 Å². The van der Waals surface area contributed by atoms with Gasteiger partial charge in [-0.3, -0.25) is 15.0 Å². The van der Waals surface area contributed by atoms with E-state index in [0.717, 1.165) is 16.7 Å². The van der Waals surface area contributed by atoms with E-state index in [9.17, 15) is 0 Å². The monoisotopic (exact) mass is 253 g/mol. The molecule has 0 amide bonds. The molecule has 3 aromatic rings. The predicted molar refractivity (Wildman–Crippen MR) is 71.7 cm³/mol. The van der Waals surface area contributed by atoms with Crippen molar-refractivity contribution >= 4 is 22.9 Å². The summed E-state index contributed by atoms with van der Waals surface area (Å²) in [6, 6.07) is 9.78. The fourth-order valence-corrected chi connectivity index (χ4v) is 2.34. The van der Waals surface area contributed by atoms with Crippen molar-refractivity contribution in [3.63, 3.8) is 0 Å². The maximum absolute atomic E-state index is 5.82. The molecule has 7 heteroatoms. The van der Waals surface area contributed by atoms with E-state index in [1.54, 1.807) is 6.20 Å². The third kappa shape index (κ3) is 1.41. The van der Waals surface area contributed by atoms with E-state index >= 15 is 0 Å². The lowest BCUT2D eigenvalue weighted by molar-refractivity contribution is 0.606. The summed E-state index contributed by atoms with van der Waals surface area (Å²) in [4.78, 5) is 8.94. The molecule has 1 aliphatic rings. The maximum atomic E-state index is 5.82. The van der Waals surface area contributed by atoms with Crippen LogP contribution in [0.3, 0.4) is 0 Å². The van der Waals surface area contributed by atoms with Gasteiger partial charge in [-0.25, -0.2) is 9.98 Å². The Hall–Kier alpha value is -2.83. The second-order valence-electron chi connectivity index (χ2n) is 4.32. The number of imidazole rings is 1. The minimum absolute atomic E-state index is 0.272. The smallest absolute Gasteiger partial charge is 0.212 e. The largest absolute Gasteiger partial charge is 0.370 e. The highest BCUT2D eigenvalue weighted by molar-refractivity contribution is 5.94. The number of aromatic nitrogens is 4. The van der Waals surface area contributed by atoms with Crippen molar-refractivity contribution in [2.75, 3.05) is 5.32 Å². The first-order valence-electron chi connectivity index (χ1n) is 5.89. The zero-order valence-electron chi connectivity index (χ0n) is 9.91. The van der Waals surface area contributed by atoms with Gasteiger partial charge in [0.25, 0.3) is 0 Å². The Morgan fingerprint density at radius 1 is 1.21 bits per heavy atom. The Bertz CT molecular complexity index is 769. The molecule has 0 bridgehead atoms. The molecule has 0 unspecified atom stereocenters. The Morgan fingerprint density at radius 2 is 2.11 bits per heavy atom. The van der Waals surface area contributed by atoms with Crippen molar-refractivity contribution in [2.45, 2.75) is 6.17 Å². The Morgan fingerprint density at radius 3 is 2.95 bits per heavy atom. The van der Waals surface area contributed by atoms with Crippen LogP contribution in [0, 0.1) is 0 Å². The van der Waals surface area contributed by atoms with Gasteiger partial charge in [-0.1, -0.05) is 12.1 Å². The number of nitrogens with one attached hydrogen (secondary N) is 2. The van der Waals surface area contributed by atoms with Crippen LogP contribution in [0.5, 0.6) is 0 Å². The number of nitrogens with zero attached hydrogens (tertiary/aromatic N) is 4. The number of H-pyrrole nitrogens is 1. The highest BCUT2D eigenvalue weighted by atomic mass is 15.4. The number of anilines is 1. The van der Waals surface area contributed by atoms with Crippen molar-refractivity contribution < 1.29 is 0 Å². The van der Waals surface area contributed by atoms with Crippen LogP contribution in [0.15, 0.2) is 41.5 Å². The van der Waals surface area contributed by atoms with Gasteiger partial charge in [0.05, 0.1) is 16.7 Å². The van der Waals surface area contributed by atoms with Crippen LogP contribution in [0.25, 0.3) is 11.0 Å². The summed E-state index contributed by atoms with van der Waals surface area (Å²) in [7, 11) is 0. The number of aliphatic imine (C=N–C) groups is 1. The van der Waals surface area contributed by atoms with Crippen molar-refractivity contribution in [3.8, 4) is 0 Å². The summed E-state index contributed by atoms with van der Waals surface area (Å²) in [6.45, 7) is 0. The molecule has 3 heterocycles. The van der Waals surface area contributed by atoms with Gasteiger partial charge in [-0.15, -0.1) is 0 Å². The van der Waals surface area contributed by atoms with Gasteiger partial charge in [0.2, 0.25) is 5.95 Å². The number of fused-ring (bicyclic) bond motifs is 3. The van der Waals surface area contributed by atoms with Gasteiger partial charge in [0.1, 0.15) is 0 Å². The fraction of sp³-hybridized carbons (Fsp3) is 0.0833. The van der Waals surface area contributed by atoms with Crippen molar-refractivity contribution in [3.05, 3.63) is 42.2 Å². The molecule has 19 heavy (non-hydrogen) atoms. The van der Waals surface area contributed by atoms with Crippen LogP contribution in [0.2, 0.25) is 0 Å². The zero-order chi connectivity index (χ0) is 12.8. The third-order valence-electron chi connectivity index (χ3n) is 3.14. The lowest BCUT2D eigenvalue weighted by atomic mass is 10.3. The van der Waals surface area contributed by atoms with Gasteiger partial charge in [0, 0.05) is 6.20 Å². The highest BCUT2D eigenvalue weighted by Crippen LogP contribution is 2.30. The molecule has 0 aliphatic carbocycles. The topological polar surface area (TPSA) is 96.9 Å². The second-order valence-corrected chi connectivity index (χ2v) is 4.32. The number of hydrogen-bond acceptors (Lipinski definition) is 5. The lowest BCUT2D eigenvalue weighted by Crippen LogP contribution is -2.31. The van der Waals surface area contributed by atoms with E-state index in [1.807, 2.05) is 34.9 Å². The van der Waals surface area contributed by atoms with Crippen molar-refractivity contribution in [1.82, 2.24) is 19.7 Å². The van der Waals surface area contributed by atoms with E-state index in [-0.39, 0.29) is 6.17 Å². The average Bonchev–Trinajstić information content (AvgIpc) is 3.04. The number of para-hydroxylation sites is 2. The fourth-order valence-electron chi connectivity index (χ4n) is 2.34. The molecule has 0 saturated heterocycles. The molecular formula is C12H11N7. The molecular weight excluding hydrogens is 242 g/mol. The van der Waals surface area contributed by atoms with Crippen molar-refractivity contribution in [1.29, 1.82) is 0 Å². The molecule has 2 aromatic heterocycles. The standard InChI is InChI=1S/C12H11N7/c13-11-16-10(8-5-6-14-18-8)19-9-4-2-1-3-7(9)15-12(19)17-11/h1-6,10H,(H,14,18)(H3,13,15,16,17)/t10-/m1/s1. The first-order valence-corrected chi connectivity index (χ1v) is 5.89. The first-order chi connectivity index (χ1) is 9.33. The molecule has 4 rings (SSSR count). The first kappa shape index (κ1) is 10.1. The Kier molecular flexibility index (Phi) is 1.91. The summed E-state index contributed by atoms with van der Waals surface area (Å²) >= 11 is 0. The van der Waals surface area contributed by atoms with Crippen LogP contribution in [-0.4, -0.2) is 25.7 Å². The van der Waals surface area contributed by atoms with Crippen LogP contribution >= 0.6 is 0 Å². The van der Waals surface area contributed by atoms with Crippen LogP contribution in [-0.2, 0) is 0 Å². The van der Waals surface area contributed by atoms with Gasteiger partial charge in [-0.2, -0.15) is 5.10 Å². The normalized spacial score (nSPS) is 17.9. The van der Waals surface area contributed by atoms with Crippen LogP contribution < -0.4 is 11.1 Å². The van der Waals surface area contributed by atoms with Crippen molar-refractivity contribution in [2.24, 2.45) is 10.7 Å². The third-order valence-corrected chi connectivity index (χ3v) is 3.14. The second kappa shape index (κ2) is 3.58. The molecule has 1 atom stereocenters. The van der Waals surface area contributed by atoms with Gasteiger partial charge in [-0.05, 0) is 18.2 Å². The SMILES string of the molecule is NC1=N[C@@H](c2ccn[nH]2)n2c(nc3ccccc32)N1. The molecule has 0 fully saturated rings. The molecule has 4 N–H and O–H groups in total. The van der Waals surface area contributed by atoms with E-state index in [0.29, 0.717) is 11.9 Å². The van der Waals surface area contributed by atoms with Gasteiger partial charge in [0.15, 0.2) is 12.1 Å². The predicted octanol–water partition coefficient (Wildman–Crippen LogP) is 1.05. The van der Waals surface area contributed by atoms with Gasteiger partial charge < -0.3 is 5.73 Å². The minimum Gasteiger partial charge on any atom is -0.370 e. The molecule has 7 nitrogen and oxygen atoms in total. The lowest BCUT2D eigenvalue weighted by Gasteiger charge is -2.22. The summed E-state index contributed by atoms with van der Waals surface area (Å²) in [5, 5.41) is 9.89. The molecule has 1 aliphatic heterocycles. The van der Waals surface area contributed by atoms with E-state index in [4.69, 9.17) is 5.73 Å². The molecule has 0 saturated carbocycles. The number of nitrogens with two attached hydrogens (primary N) is 1. The zero-order valence-corrected chi connectivity index (χ0v) is 9.91. The summed E-state index contributed by atoms with van der Waals surface area (Å²) in [5.41, 5.74) is 8.59. The molecule has 1 aromatic carbocycles. The highest BCUT2D eigenvalue weighted by Gasteiger charge is 2.25.